The number of nitrogens with zero attached hydrogens (tertiary/aromatic N) is 3. The smallest absolute Gasteiger partial charge is 0.316 e. The Morgan fingerprint density at radius 1 is 1.27 bits per heavy atom. The van der Waals surface area contributed by atoms with Crippen LogP contribution in [0.4, 0.5) is 5.69 Å². The first-order valence-corrected chi connectivity index (χ1v) is 8.17. The SMILES string of the molecule is C=CC(=O)N(C)c1ccc(C(=O)NCc2ccnc(OC(C)C)n2)cc1. The molecule has 0 atom stereocenters. The Balaban J connectivity index is 1.98. The van der Waals surface area contributed by atoms with Crippen molar-refractivity contribution in [2.75, 3.05) is 11.9 Å². The molecule has 0 fully saturated rings. The Labute approximate surface area is 152 Å². The van der Waals surface area contributed by atoms with E-state index >= 15 is 0 Å². The number of carbonyl (C=O) groups is 2. The van der Waals surface area contributed by atoms with E-state index in [-0.39, 0.29) is 30.5 Å². The molecular weight excluding hydrogens is 332 g/mol. The van der Waals surface area contributed by atoms with Gasteiger partial charge < -0.3 is 15.0 Å². The predicted octanol–water partition coefficient (Wildman–Crippen LogP) is 2.34. The molecule has 1 aromatic carbocycles. The standard InChI is InChI=1S/C19H22N4O3/c1-5-17(24)23(4)16-8-6-14(7-9-16)18(25)21-12-15-10-11-20-19(22-15)26-13(2)3/h5-11,13H,1,12H2,2-4H3,(H,21,25). The van der Waals surface area contributed by atoms with Crippen LogP contribution in [-0.4, -0.2) is 34.9 Å². The van der Waals surface area contributed by atoms with Crippen LogP contribution in [0, 0.1) is 0 Å². The predicted molar refractivity (Wildman–Crippen MR) is 99.0 cm³/mol. The first kappa shape index (κ1) is 19.1. The third-order valence-corrected chi connectivity index (χ3v) is 3.48. The molecule has 0 radical (unpaired) electrons. The molecule has 0 bridgehead atoms. The molecule has 0 aliphatic carbocycles. The Bertz CT molecular complexity index is 788. The van der Waals surface area contributed by atoms with Crippen molar-refractivity contribution in [1.29, 1.82) is 0 Å². The highest BCUT2D eigenvalue weighted by Crippen LogP contribution is 2.14. The lowest BCUT2D eigenvalue weighted by molar-refractivity contribution is -0.113. The maximum Gasteiger partial charge on any atom is 0.316 e. The first-order chi connectivity index (χ1) is 12.4. The van der Waals surface area contributed by atoms with Crippen LogP contribution in [0.25, 0.3) is 0 Å². The number of hydrogen-bond acceptors (Lipinski definition) is 5. The third-order valence-electron chi connectivity index (χ3n) is 3.48. The number of amides is 2. The normalized spacial score (nSPS) is 10.3. The van der Waals surface area contributed by atoms with Crippen LogP contribution >= 0.6 is 0 Å². The Morgan fingerprint density at radius 3 is 2.58 bits per heavy atom. The van der Waals surface area contributed by atoms with Gasteiger partial charge in [-0.3, -0.25) is 9.59 Å². The van der Waals surface area contributed by atoms with Gasteiger partial charge in [0.05, 0.1) is 18.3 Å². The highest BCUT2D eigenvalue weighted by atomic mass is 16.5. The van der Waals surface area contributed by atoms with Gasteiger partial charge in [0.1, 0.15) is 0 Å². The largest absolute Gasteiger partial charge is 0.461 e. The summed E-state index contributed by atoms with van der Waals surface area (Å²) in [6.07, 6.45) is 2.80. The average Bonchev–Trinajstić information content (AvgIpc) is 2.64. The van der Waals surface area contributed by atoms with Gasteiger partial charge in [-0.2, -0.15) is 4.98 Å². The maximum absolute atomic E-state index is 12.3. The molecule has 1 N–H and O–H groups in total. The molecule has 2 aromatic rings. The lowest BCUT2D eigenvalue weighted by atomic mass is 10.2. The van der Waals surface area contributed by atoms with Gasteiger partial charge >= 0.3 is 6.01 Å². The number of ether oxygens (including phenoxy) is 1. The van der Waals surface area contributed by atoms with Crippen LogP contribution in [0.3, 0.4) is 0 Å². The number of rotatable bonds is 7. The molecule has 1 aromatic heterocycles. The van der Waals surface area contributed by atoms with Crippen molar-refractivity contribution in [1.82, 2.24) is 15.3 Å². The molecule has 0 aliphatic rings. The van der Waals surface area contributed by atoms with Crippen molar-refractivity contribution in [3.8, 4) is 6.01 Å². The molecule has 7 heteroatoms. The molecule has 7 nitrogen and oxygen atoms in total. The number of likely N-dealkylation sites (N-methyl/N-ethyl adjacent to an activating group) is 1. The highest BCUT2D eigenvalue weighted by molar-refractivity contribution is 6.01. The van der Waals surface area contributed by atoms with Gasteiger partial charge in [0.15, 0.2) is 0 Å². The lowest BCUT2D eigenvalue weighted by Gasteiger charge is -2.15. The molecule has 2 rings (SSSR count). The summed E-state index contributed by atoms with van der Waals surface area (Å²) in [5.74, 6) is -0.454. The summed E-state index contributed by atoms with van der Waals surface area (Å²) >= 11 is 0. The Hall–Kier alpha value is -3.22. The molecule has 0 spiro atoms. The minimum Gasteiger partial charge on any atom is -0.461 e. The van der Waals surface area contributed by atoms with E-state index in [2.05, 4.69) is 21.9 Å². The second kappa shape index (κ2) is 8.75. The molecule has 136 valence electrons. The van der Waals surface area contributed by atoms with E-state index in [0.717, 1.165) is 0 Å². The minimum atomic E-state index is -0.237. The fourth-order valence-corrected chi connectivity index (χ4v) is 2.12. The summed E-state index contributed by atoms with van der Waals surface area (Å²) in [5, 5.41) is 2.80. The van der Waals surface area contributed by atoms with Gasteiger partial charge in [-0.15, -0.1) is 0 Å². The van der Waals surface area contributed by atoms with Gasteiger partial charge in [0.2, 0.25) is 5.91 Å². The zero-order chi connectivity index (χ0) is 19.1. The van der Waals surface area contributed by atoms with E-state index in [9.17, 15) is 9.59 Å². The molecule has 0 saturated heterocycles. The van der Waals surface area contributed by atoms with Gasteiger partial charge in [0, 0.05) is 24.5 Å². The van der Waals surface area contributed by atoms with Crippen LogP contribution in [0.15, 0.2) is 49.2 Å². The van der Waals surface area contributed by atoms with Crippen LogP contribution in [0.1, 0.15) is 29.9 Å². The number of hydrogen-bond donors (Lipinski definition) is 1. The molecule has 0 aliphatic heterocycles. The second-order valence-electron chi connectivity index (χ2n) is 5.83. The molecule has 2 amide bonds. The van der Waals surface area contributed by atoms with E-state index in [1.54, 1.807) is 43.6 Å². The fraction of sp³-hybridized carbons (Fsp3) is 0.263. The second-order valence-corrected chi connectivity index (χ2v) is 5.83. The van der Waals surface area contributed by atoms with Gasteiger partial charge in [-0.05, 0) is 50.3 Å². The van der Waals surface area contributed by atoms with Crippen molar-refractivity contribution >= 4 is 17.5 Å². The molecular formula is C19H22N4O3. The highest BCUT2D eigenvalue weighted by Gasteiger charge is 2.10. The van der Waals surface area contributed by atoms with Crippen LogP contribution in [-0.2, 0) is 11.3 Å². The summed E-state index contributed by atoms with van der Waals surface area (Å²) < 4.78 is 5.44. The number of carbonyl (C=O) groups excluding carboxylic acids is 2. The van der Waals surface area contributed by atoms with Gasteiger partial charge in [-0.1, -0.05) is 6.58 Å². The van der Waals surface area contributed by atoms with Crippen LogP contribution < -0.4 is 15.0 Å². The summed E-state index contributed by atoms with van der Waals surface area (Å²) in [6.45, 7) is 7.49. The minimum absolute atomic E-state index is 0.0236. The zero-order valence-corrected chi connectivity index (χ0v) is 15.1. The van der Waals surface area contributed by atoms with Gasteiger partial charge in [-0.25, -0.2) is 4.98 Å². The monoisotopic (exact) mass is 354 g/mol. The van der Waals surface area contributed by atoms with Crippen molar-refractivity contribution in [2.24, 2.45) is 0 Å². The topological polar surface area (TPSA) is 84.4 Å². The first-order valence-electron chi connectivity index (χ1n) is 8.17. The number of benzene rings is 1. The van der Waals surface area contributed by atoms with Crippen LogP contribution in [0.2, 0.25) is 0 Å². The summed E-state index contributed by atoms with van der Waals surface area (Å²) in [7, 11) is 1.64. The Morgan fingerprint density at radius 2 is 1.96 bits per heavy atom. The molecule has 1 heterocycles. The zero-order valence-electron chi connectivity index (χ0n) is 15.1. The lowest BCUT2D eigenvalue weighted by Crippen LogP contribution is -2.25. The molecule has 26 heavy (non-hydrogen) atoms. The molecule has 0 unspecified atom stereocenters. The van der Waals surface area contributed by atoms with E-state index in [1.165, 1.54) is 11.0 Å². The average molecular weight is 354 g/mol. The number of aromatic nitrogens is 2. The van der Waals surface area contributed by atoms with E-state index in [4.69, 9.17) is 4.74 Å². The summed E-state index contributed by atoms with van der Waals surface area (Å²) in [5.41, 5.74) is 1.82. The summed E-state index contributed by atoms with van der Waals surface area (Å²) in [4.78, 5) is 33.6. The Kier molecular flexibility index (Phi) is 6.43. The van der Waals surface area contributed by atoms with E-state index in [1.807, 2.05) is 13.8 Å². The number of anilines is 1. The van der Waals surface area contributed by atoms with E-state index < -0.39 is 0 Å². The van der Waals surface area contributed by atoms with Crippen LogP contribution in [0.5, 0.6) is 6.01 Å². The third kappa shape index (κ3) is 5.14. The maximum atomic E-state index is 12.3. The fourth-order valence-electron chi connectivity index (χ4n) is 2.12. The number of nitrogens with one attached hydrogen (secondary N) is 1. The quantitative estimate of drug-likeness (QED) is 0.772. The van der Waals surface area contributed by atoms with Crippen molar-refractivity contribution in [2.45, 2.75) is 26.5 Å². The van der Waals surface area contributed by atoms with Crippen molar-refractivity contribution in [3.63, 3.8) is 0 Å². The van der Waals surface area contributed by atoms with Gasteiger partial charge in [0.25, 0.3) is 5.91 Å². The van der Waals surface area contributed by atoms with Crippen molar-refractivity contribution in [3.05, 3.63) is 60.4 Å². The molecule has 0 saturated carbocycles. The van der Waals surface area contributed by atoms with E-state index in [0.29, 0.717) is 16.9 Å². The summed E-state index contributed by atoms with van der Waals surface area (Å²) in [6, 6.07) is 8.72. The van der Waals surface area contributed by atoms with Crippen molar-refractivity contribution < 1.29 is 14.3 Å².